The Morgan fingerprint density at radius 1 is 1.35 bits per heavy atom. The monoisotopic (exact) mass is 279 g/mol. The van der Waals surface area contributed by atoms with E-state index in [1.807, 2.05) is 0 Å². The van der Waals surface area contributed by atoms with Crippen molar-refractivity contribution in [2.24, 2.45) is 11.7 Å². The predicted molar refractivity (Wildman–Crippen MR) is 72.1 cm³/mol. The maximum Gasteiger partial charge on any atom is 0.317 e. The van der Waals surface area contributed by atoms with Gasteiger partial charge >= 0.3 is 6.03 Å². The van der Waals surface area contributed by atoms with Crippen LogP contribution < -0.4 is 11.1 Å². The van der Waals surface area contributed by atoms with Crippen molar-refractivity contribution in [2.75, 3.05) is 13.1 Å². The smallest absolute Gasteiger partial charge is 0.317 e. The number of urea groups is 1. The van der Waals surface area contributed by atoms with E-state index in [1.54, 1.807) is 17.0 Å². The largest absolute Gasteiger partial charge is 0.369 e. The first-order chi connectivity index (χ1) is 9.56. The highest BCUT2D eigenvalue weighted by atomic mass is 19.1. The number of halogens is 1. The number of primary amides is 1. The fourth-order valence-corrected chi connectivity index (χ4v) is 2.30. The highest BCUT2D eigenvalue weighted by molar-refractivity contribution is 5.78. The molecule has 108 valence electrons. The van der Waals surface area contributed by atoms with E-state index in [0.29, 0.717) is 31.5 Å². The average molecular weight is 279 g/mol. The third kappa shape index (κ3) is 3.69. The van der Waals surface area contributed by atoms with Crippen LogP contribution in [0.25, 0.3) is 0 Å². The molecule has 20 heavy (non-hydrogen) atoms. The van der Waals surface area contributed by atoms with Crippen molar-refractivity contribution in [3.63, 3.8) is 0 Å². The van der Waals surface area contributed by atoms with Gasteiger partial charge in [0.25, 0.3) is 0 Å². The number of nitrogens with zero attached hydrogens (tertiary/aromatic N) is 1. The van der Waals surface area contributed by atoms with Crippen LogP contribution in [0.3, 0.4) is 0 Å². The molecule has 0 aliphatic carbocycles. The second kappa shape index (κ2) is 6.36. The molecular weight excluding hydrogens is 261 g/mol. The molecule has 0 spiro atoms. The molecule has 2 rings (SSSR count). The molecule has 0 aromatic heterocycles. The Hall–Kier alpha value is -2.11. The van der Waals surface area contributed by atoms with Crippen molar-refractivity contribution in [3.8, 4) is 0 Å². The Morgan fingerprint density at radius 3 is 2.65 bits per heavy atom. The Morgan fingerprint density at radius 2 is 2.05 bits per heavy atom. The summed E-state index contributed by atoms with van der Waals surface area (Å²) in [5.74, 6) is -0.758. The predicted octanol–water partition coefficient (Wildman–Crippen LogP) is 1.23. The maximum absolute atomic E-state index is 13.0. The molecule has 3 N–H and O–H groups in total. The van der Waals surface area contributed by atoms with Gasteiger partial charge in [-0.05, 0) is 30.5 Å². The molecule has 0 unspecified atom stereocenters. The summed E-state index contributed by atoms with van der Waals surface area (Å²) in [5, 5.41) is 2.74. The average Bonchev–Trinajstić information content (AvgIpc) is 2.45. The van der Waals surface area contributed by atoms with Gasteiger partial charge in [0.05, 0.1) is 0 Å². The number of hydrogen-bond donors (Lipinski definition) is 2. The zero-order valence-corrected chi connectivity index (χ0v) is 11.1. The third-order valence-electron chi connectivity index (χ3n) is 3.52. The summed E-state index contributed by atoms with van der Waals surface area (Å²) in [6.07, 6.45) is 1.20. The minimum Gasteiger partial charge on any atom is -0.369 e. The van der Waals surface area contributed by atoms with E-state index in [-0.39, 0.29) is 30.2 Å². The Labute approximate surface area is 116 Å². The van der Waals surface area contributed by atoms with E-state index in [2.05, 4.69) is 5.32 Å². The quantitative estimate of drug-likeness (QED) is 0.873. The van der Waals surface area contributed by atoms with Gasteiger partial charge in [-0.15, -0.1) is 0 Å². The van der Waals surface area contributed by atoms with Gasteiger partial charge in [0.2, 0.25) is 5.91 Å². The lowest BCUT2D eigenvalue weighted by Crippen LogP contribution is -2.46. The van der Waals surface area contributed by atoms with Crippen molar-refractivity contribution in [2.45, 2.75) is 19.4 Å². The molecule has 0 radical (unpaired) electrons. The Balaban J connectivity index is 1.80. The number of likely N-dealkylation sites (tertiary alicyclic amines) is 1. The third-order valence-corrected chi connectivity index (χ3v) is 3.52. The van der Waals surface area contributed by atoms with Crippen LogP contribution in [0, 0.1) is 11.7 Å². The lowest BCUT2D eigenvalue weighted by Gasteiger charge is -2.30. The highest BCUT2D eigenvalue weighted by Crippen LogP contribution is 2.16. The fourth-order valence-electron chi connectivity index (χ4n) is 2.30. The number of piperidine rings is 1. The van der Waals surface area contributed by atoms with Gasteiger partial charge in [0, 0.05) is 25.6 Å². The van der Waals surface area contributed by atoms with Crippen LogP contribution in [0.5, 0.6) is 0 Å². The van der Waals surface area contributed by atoms with Crippen molar-refractivity contribution in [3.05, 3.63) is 35.6 Å². The zero-order valence-electron chi connectivity index (χ0n) is 11.1. The lowest BCUT2D eigenvalue weighted by atomic mass is 9.96. The number of benzene rings is 1. The van der Waals surface area contributed by atoms with Gasteiger partial charge in [-0.25, -0.2) is 9.18 Å². The van der Waals surface area contributed by atoms with E-state index in [4.69, 9.17) is 5.73 Å². The summed E-state index contributed by atoms with van der Waals surface area (Å²) in [7, 11) is 0. The SMILES string of the molecule is NC(=O)C1CCN(C(=O)NCc2cccc(F)c2)CC1. The van der Waals surface area contributed by atoms with E-state index in [0.717, 1.165) is 0 Å². The van der Waals surface area contributed by atoms with Crippen LogP contribution in [0.4, 0.5) is 9.18 Å². The number of nitrogens with one attached hydrogen (secondary N) is 1. The Kier molecular flexibility index (Phi) is 4.55. The molecule has 3 amide bonds. The van der Waals surface area contributed by atoms with E-state index < -0.39 is 0 Å². The number of nitrogens with two attached hydrogens (primary N) is 1. The molecule has 1 fully saturated rings. The summed E-state index contributed by atoms with van der Waals surface area (Å²) >= 11 is 0. The first-order valence-corrected chi connectivity index (χ1v) is 6.63. The molecule has 1 aromatic carbocycles. The summed E-state index contributed by atoms with van der Waals surface area (Å²) < 4.78 is 13.0. The molecule has 5 nitrogen and oxygen atoms in total. The molecule has 1 aliphatic heterocycles. The van der Waals surface area contributed by atoms with Gasteiger partial charge in [-0.3, -0.25) is 4.79 Å². The number of carbonyl (C=O) groups is 2. The first-order valence-electron chi connectivity index (χ1n) is 6.63. The van der Waals surface area contributed by atoms with Crippen LogP contribution in [-0.2, 0) is 11.3 Å². The van der Waals surface area contributed by atoms with Gasteiger partial charge in [-0.1, -0.05) is 12.1 Å². The van der Waals surface area contributed by atoms with E-state index >= 15 is 0 Å². The van der Waals surface area contributed by atoms with Crippen LogP contribution in [0.15, 0.2) is 24.3 Å². The summed E-state index contributed by atoms with van der Waals surface area (Å²) in [6.45, 7) is 1.32. The molecular formula is C14H18FN3O2. The molecule has 1 saturated heterocycles. The van der Waals surface area contributed by atoms with E-state index in [9.17, 15) is 14.0 Å². The summed E-state index contributed by atoms with van der Waals surface area (Å²) in [5.41, 5.74) is 5.96. The second-order valence-corrected chi connectivity index (χ2v) is 4.95. The Bertz CT molecular complexity index is 499. The van der Waals surface area contributed by atoms with Crippen molar-refractivity contribution >= 4 is 11.9 Å². The van der Waals surface area contributed by atoms with Crippen LogP contribution in [0.2, 0.25) is 0 Å². The number of hydrogen-bond acceptors (Lipinski definition) is 2. The molecule has 0 atom stereocenters. The normalized spacial score (nSPS) is 15.9. The van der Waals surface area contributed by atoms with Crippen LogP contribution in [-0.4, -0.2) is 29.9 Å². The van der Waals surface area contributed by atoms with Gasteiger partial charge in [-0.2, -0.15) is 0 Å². The maximum atomic E-state index is 13.0. The standard InChI is InChI=1S/C14H18FN3O2/c15-12-3-1-2-10(8-12)9-17-14(20)18-6-4-11(5-7-18)13(16)19/h1-3,8,11H,4-7,9H2,(H2,16,19)(H,17,20). The fraction of sp³-hybridized carbons (Fsp3) is 0.429. The van der Waals surface area contributed by atoms with Crippen molar-refractivity contribution in [1.29, 1.82) is 0 Å². The number of amides is 3. The van der Waals surface area contributed by atoms with Gasteiger partial charge in [0.15, 0.2) is 0 Å². The van der Waals surface area contributed by atoms with Gasteiger partial charge in [0.1, 0.15) is 5.82 Å². The number of rotatable bonds is 3. The van der Waals surface area contributed by atoms with Gasteiger partial charge < -0.3 is 16.0 Å². The molecule has 1 heterocycles. The molecule has 1 aromatic rings. The summed E-state index contributed by atoms with van der Waals surface area (Å²) in [6, 6.07) is 5.91. The van der Waals surface area contributed by atoms with Crippen molar-refractivity contribution in [1.82, 2.24) is 10.2 Å². The van der Waals surface area contributed by atoms with Crippen LogP contribution in [0.1, 0.15) is 18.4 Å². The topological polar surface area (TPSA) is 75.4 Å². The number of carbonyl (C=O) groups excluding carboxylic acids is 2. The molecule has 0 bridgehead atoms. The molecule has 1 aliphatic rings. The lowest BCUT2D eigenvalue weighted by molar-refractivity contribution is -0.123. The highest BCUT2D eigenvalue weighted by Gasteiger charge is 2.25. The van der Waals surface area contributed by atoms with E-state index in [1.165, 1.54) is 12.1 Å². The van der Waals surface area contributed by atoms with Crippen LogP contribution >= 0.6 is 0 Å². The summed E-state index contributed by atoms with van der Waals surface area (Å²) in [4.78, 5) is 24.6. The minimum absolute atomic E-state index is 0.137. The molecule has 0 saturated carbocycles. The minimum atomic E-state index is -0.320. The van der Waals surface area contributed by atoms with Crippen molar-refractivity contribution < 1.29 is 14.0 Å². The zero-order chi connectivity index (χ0) is 14.5. The first kappa shape index (κ1) is 14.3. The second-order valence-electron chi connectivity index (χ2n) is 4.95. The molecule has 6 heteroatoms.